The number of hydrogen-bond acceptors (Lipinski definition) is 1. The van der Waals surface area contributed by atoms with E-state index in [2.05, 4.69) is 0 Å². The van der Waals surface area contributed by atoms with E-state index in [4.69, 9.17) is 27.6 Å². The minimum atomic E-state index is -0.359. The standard InChI is InChI=1S/C7H16Cl2OSi/c1-6(9)3-4-11-10-7(2)5-8/h6-7H,3-5,11H2,1-2H3. The van der Waals surface area contributed by atoms with Gasteiger partial charge < -0.3 is 4.43 Å². The quantitative estimate of drug-likeness (QED) is 0.375. The number of hydrogen-bond donors (Lipinski definition) is 0. The van der Waals surface area contributed by atoms with Gasteiger partial charge in [0.15, 0.2) is 9.76 Å². The Balaban J connectivity index is 3.01. The third-order valence-corrected chi connectivity index (χ3v) is 3.52. The second kappa shape index (κ2) is 7.41. The summed E-state index contributed by atoms with van der Waals surface area (Å²) >= 11 is 11.3. The molecule has 0 aliphatic heterocycles. The average Bonchev–Trinajstić information content (AvgIpc) is 1.97. The normalized spacial score (nSPS) is 17.5. The van der Waals surface area contributed by atoms with Crippen LogP contribution in [0.25, 0.3) is 0 Å². The van der Waals surface area contributed by atoms with Crippen molar-refractivity contribution in [1.82, 2.24) is 0 Å². The molecule has 0 bridgehead atoms. The highest BCUT2D eigenvalue weighted by atomic mass is 35.5. The van der Waals surface area contributed by atoms with E-state index in [9.17, 15) is 0 Å². The maximum Gasteiger partial charge on any atom is 0.162 e. The lowest BCUT2D eigenvalue weighted by Crippen LogP contribution is -2.13. The van der Waals surface area contributed by atoms with Crippen molar-refractivity contribution in [1.29, 1.82) is 0 Å². The highest BCUT2D eigenvalue weighted by Crippen LogP contribution is 2.04. The Labute approximate surface area is 81.3 Å². The molecular weight excluding hydrogens is 199 g/mol. The first kappa shape index (κ1) is 11.8. The monoisotopic (exact) mass is 214 g/mol. The summed E-state index contributed by atoms with van der Waals surface area (Å²) in [5.41, 5.74) is 0. The summed E-state index contributed by atoms with van der Waals surface area (Å²) < 4.78 is 5.49. The van der Waals surface area contributed by atoms with Crippen molar-refractivity contribution >= 4 is 33.0 Å². The molecule has 0 aliphatic rings. The van der Waals surface area contributed by atoms with E-state index < -0.39 is 0 Å². The Morgan fingerprint density at radius 3 is 2.55 bits per heavy atom. The molecule has 0 N–H and O–H groups in total. The number of halogens is 2. The molecule has 0 heterocycles. The molecule has 0 aliphatic carbocycles. The predicted molar refractivity (Wildman–Crippen MR) is 54.6 cm³/mol. The lowest BCUT2D eigenvalue weighted by atomic mass is 10.4. The molecule has 0 saturated heterocycles. The van der Waals surface area contributed by atoms with Gasteiger partial charge in [0.25, 0.3) is 0 Å². The summed E-state index contributed by atoms with van der Waals surface area (Å²) in [4.78, 5) is 0. The Bertz CT molecular complexity index is 90.5. The van der Waals surface area contributed by atoms with Gasteiger partial charge in [-0.1, -0.05) is 0 Å². The third-order valence-electron chi connectivity index (χ3n) is 1.37. The topological polar surface area (TPSA) is 9.23 Å². The molecule has 0 saturated carbocycles. The Morgan fingerprint density at radius 2 is 2.09 bits per heavy atom. The molecule has 0 rings (SSSR count). The van der Waals surface area contributed by atoms with Gasteiger partial charge in [-0.25, -0.2) is 0 Å². The summed E-state index contributed by atoms with van der Waals surface area (Å²) in [6, 6.07) is 1.16. The van der Waals surface area contributed by atoms with Crippen LogP contribution < -0.4 is 0 Å². The van der Waals surface area contributed by atoms with Gasteiger partial charge in [0.2, 0.25) is 0 Å². The van der Waals surface area contributed by atoms with Crippen LogP contribution in [-0.2, 0) is 4.43 Å². The molecular formula is C7H16Cl2OSi. The number of alkyl halides is 2. The first-order valence-electron chi connectivity index (χ1n) is 3.98. The zero-order chi connectivity index (χ0) is 8.69. The van der Waals surface area contributed by atoms with Crippen LogP contribution in [0.15, 0.2) is 0 Å². The first-order valence-corrected chi connectivity index (χ1v) is 6.53. The molecule has 1 nitrogen and oxygen atoms in total. The van der Waals surface area contributed by atoms with E-state index in [1.54, 1.807) is 0 Å². The SMILES string of the molecule is CC(Cl)CC[SiH2]OC(C)CCl. The molecule has 0 spiro atoms. The molecule has 2 unspecified atom stereocenters. The van der Waals surface area contributed by atoms with E-state index in [0.29, 0.717) is 5.88 Å². The third kappa shape index (κ3) is 8.66. The molecule has 2 atom stereocenters. The minimum absolute atomic E-state index is 0.231. The zero-order valence-electron chi connectivity index (χ0n) is 7.15. The lowest BCUT2D eigenvalue weighted by molar-refractivity contribution is 0.258. The van der Waals surface area contributed by atoms with Crippen molar-refractivity contribution in [2.24, 2.45) is 0 Å². The van der Waals surface area contributed by atoms with Crippen LogP contribution in [0.5, 0.6) is 0 Å². The van der Waals surface area contributed by atoms with E-state index >= 15 is 0 Å². The van der Waals surface area contributed by atoms with E-state index in [-0.39, 0.29) is 21.2 Å². The number of rotatable bonds is 6. The van der Waals surface area contributed by atoms with Crippen molar-refractivity contribution in [3.05, 3.63) is 0 Å². The largest absolute Gasteiger partial charge is 0.420 e. The Morgan fingerprint density at radius 1 is 1.45 bits per heavy atom. The maximum absolute atomic E-state index is 5.77. The van der Waals surface area contributed by atoms with Crippen molar-refractivity contribution < 1.29 is 4.43 Å². The molecule has 11 heavy (non-hydrogen) atoms. The van der Waals surface area contributed by atoms with Gasteiger partial charge in [-0.2, -0.15) is 0 Å². The van der Waals surface area contributed by atoms with Gasteiger partial charge in [0.05, 0.1) is 6.10 Å². The molecule has 0 aromatic rings. The second-order valence-corrected chi connectivity index (χ2v) is 5.26. The van der Waals surface area contributed by atoms with Crippen molar-refractivity contribution in [3.8, 4) is 0 Å². The van der Waals surface area contributed by atoms with Crippen LogP contribution in [-0.4, -0.2) is 27.1 Å². The van der Waals surface area contributed by atoms with Gasteiger partial charge in [-0.05, 0) is 26.3 Å². The molecule has 4 heteroatoms. The lowest BCUT2D eigenvalue weighted by Gasteiger charge is -2.09. The van der Waals surface area contributed by atoms with Gasteiger partial charge in [-0.3, -0.25) is 0 Å². The molecule has 0 aromatic carbocycles. The van der Waals surface area contributed by atoms with Crippen LogP contribution in [0.3, 0.4) is 0 Å². The molecule has 0 amide bonds. The highest BCUT2D eigenvalue weighted by Gasteiger charge is 2.00. The van der Waals surface area contributed by atoms with Gasteiger partial charge in [-0.15, -0.1) is 23.2 Å². The summed E-state index contributed by atoms with van der Waals surface area (Å²) in [6.07, 6.45) is 1.30. The average molecular weight is 215 g/mol. The van der Waals surface area contributed by atoms with E-state index in [1.807, 2.05) is 13.8 Å². The van der Waals surface area contributed by atoms with Crippen molar-refractivity contribution in [2.75, 3.05) is 5.88 Å². The van der Waals surface area contributed by atoms with E-state index in [0.717, 1.165) is 12.5 Å². The second-order valence-electron chi connectivity index (χ2n) is 2.76. The fraction of sp³-hybridized carbons (Fsp3) is 1.00. The Kier molecular flexibility index (Phi) is 7.92. The van der Waals surface area contributed by atoms with Gasteiger partial charge in [0.1, 0.15) is 0 Å². The summed E-state index contributed by atoms with van der Waals surface area (Å²) in [5, 5.41) is 0.289. The van der Waals surface area contributed by atoms with Crippen LogP contribution >= 0.6 is 23.2 Å². The van der Waals surface area contributed by atoms with E-state index in [1.165, 1.54) is 0 Å². The molecule has 0 radical (unpaired) electrons. The zero-order valence-corrected chi connectivity index (χ0v) is 10.1. The maximum atomic E-state index is 5.77. The fourth-order valence-electron chi connectivity index (χ4n) is 0.694. The molecule has 0 aromatic heterocycles. The summed E-state index contributed by atoms with van der Waals surface area (Å²) in [7, 11) is -0.359. The van der Waals surface area contributed by atoms with Crippen LogP contribution in [0, 0.1) is 0 Å². The Hall–Kier alpha value is 0.757. The van der Waals surface area contributed by atoms with Crippen LogP contribution in [0.2, 0.25) is 6.04 Å². The predicted octanol–water partition coefficient (Wildman–Crippen LogP) is 2.15. The fourth-order valence-corrected chi connectivity index (χ4v) is 2.81. The molecule has 68 valence electrons. The van der Waals surface area contributed by atoms with Crippen molar-refractivity contribution in [2.45, 2.75) is 37.8 Å². The van der Waals surface area contributed by atoms with Gasteiger partial charge in [0, 0.05) is 11.3 Å². The highest BCUT2D eigenvalue weighted by molar-refractivity contribution is 6.28. The smallest absolute Gasteiger partial charge is 0.162 e. The first-order chi connectivity index (χ1) is 5.16. The van der Waals surface area contributed by atoms with Crippen molar-refractivity contribution in [3.63, 3.8) is 0 Å². The summed E-state index contributed by atoms with van der Waals surface area (Å²) in [6.45, 7) is 4.02. The van der Waals surface area contributed by atoms with Crippen LogP contribution in [0.1, 0.15) is 20.3 Å². The summed E-state index contributed by atoms with van der Waals surface area (Å²) in [5.74, 6) is 0.601. The minimum Gasteiger partial charge on any atom is -0.420 e. The van der Waals surface area contributed by atoms with Gasteiger partial charge >= 0.3 is 0 Å². The molecule has 0 fully saturated rings. The van der Waals surface area contributed by atoms with Crippen LogP contribution in [0.4, 0.5) is 0 Å².